The number of aromatic nitrogens is 1. The summed E-state index contributed by atoms with van der Waals surface area (Å²) in [7, 11) is 0. The number of ether oxygens (including phenoxy) is 2. The number of fused-ring (bicyclic) bond motifs is 1. The molecule has 0 amide bonds. The van der Waals surface area contributed by atoms with Crippen molar-refractivity contribution in [3.8, 4) is 11.5 Å². The molecule has 5 heteroatoms. The highest BCUT2D eigenvalue weighted by Crippen LogP contribution is 2.44. The Kier molecular flexibility index (Phi) is 2.89. The van der Waals surface area contributed by atoms with Crippen LogP contribution in [0.5, 0.6) is 11.5 Å². The Morgan fingerprint density at radius 1 is 1.25 bits per heavy atom. The molecular weight excluding hydrogens is 272 g/mol. The van der Waals surface area contributed by atoms with Crippen LogP contribution >= 0.6 is 11.3 Å². The van der Waals surface area contributed by atoms with E-state index in [2.05, 4.69) is 0 Å². The second-order valence-corrected chi connectivity index (χ2v) is 6.32. The molecule has 4 rings (SSSR count). The number of para-hydroxylation sites is 2. The van der Waals surface area contributed by atoms with Gasteiger partial charge in [-0.05, 0) is 25.0 Å². The molecular formula is C15H16N2O2S. The number of thiazole rings is 1. The summed E-state index contributed by atoms with van der Waals surface area (Å²) in [6.07, 6.45) is 2.36. The van der Waals surface area contributed by atoms with Crippen molar-refractivity contribution in [2.45, 2.75) is 31.4 Å². The summed E-state index contributed by atoms with van der Waals surface area (Å²) in [4.78, 5) is 5.97. The Morgan fingerprint density at radius 3 is 2.80 bits per heavy atom. The van der Waals surface area contributed by atoms with Crippen LogP contribution < -0.4 is 15.2 Å². The molecule has 1 fully saturated rings. The smallest absolute Gasteiger partial charge is 0.184 e. The van der Waals surface area contributed by atoms with Gasteiger partial charge in [0.15, 0.2) is 17.6 Å². The molecule has 2 aliphatic rings. The van der Waals surface area contributed by atoms with Gasteiger partial charge in [0.2, 0.25) is 0 Å². The minimum absolute atomic E-state index is 0.118. The van der Waals surface area contributed by atoms with Crippen LogP contribution in [0.3, 0.4) is 0 Å². The van der Waals surface area contributed by atoms with Crippen molar-refractivity contribution in [1.82, 2.24) is 4.98 Å². The zero-order valence-electron chi connectivity index (χ0n) is 11.0. The van der Waals surface area contributed by atoms with Gasteiger partial charge in [0, 0.05) is 17.3 Å². The molecule has 2 aromatic rings. The number of nitrogens with zero attached hydrogens (tertiary/aromatic N) is 1. The third-order valence-corrected chi connectivity index (χ3v) is 4.86. The van der Waals surface area contributed by atoms with Gasteiger partial charge in [-0.25, -0.2) is 4.98 Å². The van der Waals surface area contributed by atoms with Crippen molar-refractivity contribution in [3.63, 3.8) is 0 Å². The lowest BCUT2D eigenvalue weighted by Gasteiger charge is -2.24. The second kappa shape index (κ2) is 4.75. The van der Waals surface area contributed by atoms with Crippen LogP contribution in [0.25, 0.3) is 0 Å². The fraction of sp³-hybridized carbons (Fsp3) is 0.400. The largest absolute Gasteiger partial charge is 0.485 e. The number of nitrogens with two attached hydrogens (primary N) is 1. The quantitative estimate of drug-likeness (QED) is 0.943. The van der Waals surface area contributed by atoms with Crippen LogP contribution in [0.15, 0.2) is 24.3 Å². The van der Waals surface area contributed by atoms with E-state index >= 15 is 0 Å². The van der Waals surface area contributed by atoms with Gasteiger partial charge in [0.25, 0.3) is 0 Å². The van der Waals surface area contributed by atoms with Crippen molar-refractivity contribution in [2.75, 3.05) is 6.61 Å². The lowest BCUT2D eigenvalue weighted by molar-refractivity contribution is 0.0910. The maximum atomic E-state index is 6.01. The van der Waals surface area contributed by atoms with Crippen LogP contribution in [-0.2, 0) is 6.54 Å². The van der Waals surface area contributed by atoms with Crippen LogP contribution in [-0.4, -0.2) is 11.6 Å². The van der Waals surface area contributed by atoms with Crippen molar-refractivity contribution >= 4 is 11.3 Å². The highest BCUT2D eigenvalue weighted by atomic mass is 32.1. The predicted octanol–water partition coefficient (Wildman–Crippen LogP) is 2.99. The van der Waals surface area contributed by atoms with Gasteiger partial charge >= 0.3 is 0 Å². The molecule has 1 unspecified atom stereocenters. The van der Waals surface area contributed by atoms with Crippen LogP contribution in [0.1, 0.15) is 40.4 Å². The summed E-state index contributed by atoms with van der Waals surface area (Å²) in [5.41, 5.74) is 7.02. The van der Waals surface area contributed by atoms with Gasteiger partial charge in [0.05, 0.1) is 5.69 Å². The molecule has 104 valence electrons. The Hall–Kier alpha value is -1.59. The molecule has 1 aromatic carbocycles. The van der Waals surface area contributed by atoms with E-state index in [1.54, 1.807) is 11.3 Å². The van der Waals surface area contributed by atoms with Gasteiger partial charge in [-0.15, -0.1) is 11.3 Å². The van der Waals surface area contributed by atoms with E-state index in [-0.39, 0.29) is 6.10 Å². The van der Waals surface area contributed by atoms with Gasteiger partial charge < -0.3 is 15.2 Å². The monoisotopic (exact) mass is 288 g/mol. The molecule has 1 atom stereocenters. The van der Waals surface area contributed by atoms with Crippen LogP contribution in [0.2, 0.25) is 0 Å². The first-order valence-corrected chi connectivity index (χ1v) is 7.75. The zero-order chi connectivity index (χ0) is 13.5. The summed E-state index contributed by atoms with van der Waals surface area (Å²) >= 11 is 1.67. The predicted molar refractivity (Wildman–Crippen MR) is 77.3 cm³/mol. The minimum Gasteiger partial charge on any atom is -0.485 e. The average Bonchev–Trinajstić information content (AvgIpc) is 3.26. The summed E-state index contributed by atoms with van der Waals surface area (Å²) in [6, 6.07) is 7.76. The van der Waals surface area contributed by atoms with E-state index in [9.17, 15) is 0 Å². The van der Waals surface area contributed by atoms with Gasteiger partial charge in [-0.2, -0.15) is 0 Å². The first-order chi connectivity index (χ1) is 9.85. The fourth-order valence-corrected chi connectivity index (χ4v) is 3.53. The number of hydrogen-bond donors (Lipinski definition) is 1. The van der Waals surface area contributed by atoms with Crippen molar-refractivity contribution in [1.29, 1.82) is 0 Å². The summed E-state index contributed by atoms with van der Waals surface area (Å²) < 4.78 is 11.8. The molecule has 0 spiro atoms. The zero-order valence-corrected chi connectivity index (χ0v) is 11.9. The molecule has 4 nitrogen and oxygen atoms in total. The lowest BCUT2D eigenvalue weighted by atomic mass is 10.2. The van der Waals surface area contributed by atoms with Crippen molar-refractivity contribution in [2.24, 2.45) is 5.73 Å². The lowest BCUT2D eigenvalue weighted by Crippen LogP contribution is -2.21. The first-order valence-electron chi connectivity index (χ1n) is 6.93. The van der Waals surface area contributed by atoms with E-state index in [0.717, 1.165) is 16.5 Å². The van der Waals surface area contributed by atoms with E-state index in [1.807, 2.05) is 24.3 Å². The molecule has 2 heterocycles. The number of benzene rings is 1. The first kappa shape index (κ1) is 12.2. The Bertz CT molecular complexity index is 637. The van der Waals surface area contributed by atoms with Crippen LogP contribution in [0, 0.1) is 0 Å². The topological polar surface area (TPSA) is 57.4 Å². The van der Waals surface area contributed by atoms with E-state index < -0.39 is 0 Å². The summed E-state index contributed by atoms with van der Waals surface area (Å²) in [6.45, 7) is 1.08. The average molecular weight is 288 g/mol. The minimum atomic E-state index is -0.118. The van der Waals surface area contributed by atoms with Gasteiger partial charge in [-0.1, -0.05) is 12.1 Å². The molecule has 0 saturated heterocycles. The molecule has 0 radical (unpaired) electrons. The number of hydrogen-bond acceptors (Lipinski definition) is 5. The third kappa shape index (κ3) is 2.07. The van der Waals surface area contributed by atoms with E-state index in [4.69, 9.17) is 20.2 Å². The van der Waals surface area contributed by atoms with Crippen LogP contribution in [0.4, 0.5) is 0 Å². The molecule has 0 bridgehead atoms. The van der Waals surface area contributed by atoms with Gasteiger partial charge in [0.1, 0.15) is 11.6 Å². The maximum Gasteiger partial charge on any atom is 0.184 e. The molecule has 20 heavy (non-hydrogen) atoms. The molecule has 1 aromatic heterocycles. The molecule has 1 saturated carbocycles. The Balaban J connectivity index is 1.62. The molecule has 2 N–H and O–H groups in total. The fourth-order valence-electron chi connectivity index (χ4n) is 2.48. The number of rotatable bonds is 3. The summed E-state index contributed by atoms with van der Waals surface area (Å²) in [5.74, 6) is 2.22. The molecule has 1 aliphatic heterocycles. The normalized spacial score (nSPS) is 20.9. The van der Waals surface area contributed by atoms with Crippen molar-refractivity contribution in [3.05, 3.63) is 39.8 Å². The highest BCUT2D eigenvalue weighted by Gasteiger charge is 2.32. The Morgan fingerprint density at radius 2 is 2.05 bits per heavy atom. The second-order valence-electron chi connectivity index (χ2n) is 5.20. The van der Waals surface area contributed by atoms with E-state index in [0.29, 0.717) is 19.1 Å². The SMILES string of the molecule is NCc1sc(C2COc3ccccc3O2)nc1C1CC1. The van der Waals surface area contributed by atoms with Gasteiger partial charge in [-0.3, -0.25) is 0 Å². The highest BCUT2D eigenvalue weighted by molar-refractivity contribution is 7.11. The third-order valence-electron chi connectivity index (χ3n) is 3.68. The van der Waals surface area contributed by atoms with Crippen molar-refractivity contribution < 1.29 is 9.47 Å². The maximum absolute atomic E-state index is 6.01. The Labute approximate surface area is 121 Å². The van der Waals surface area contributed by atoms with E-state index in [1.165, 1.54) is 23.4 Å². The summed E-state index contributed by atoms with van der Waals surface area (Å²) in [5, 5.41) is 0.988. The standard InChI is InChI=1S/C15H16N2O2S/c16-7-13-14(9-5-6-9)17-15(20-13)12-8-18-10-3-1-2-4-11(10)19-12/h1-4,9,12H,5-8,16H2. The molecule has 1 aliphatic carbocycles.